The van der Waals surface area contributed by atoms with Crippen LogP contribution in [0.2, 0.25) is 0 Å². The Hall–Kier alpha value is -0.870. The number of carbonyl (C=O) groups is 1. The van der Waals surface area contributed by atoms with Crippen LogP contribution in [0.25, 0.3) is 0 Å². The highest BCUT2D eigenvalue weighted by atomic mass is 16.4. The molecule has 1 unspecified atom stereocenters. The van der Waals surface area contributed by atoms with E-state index in [9.17, 15) is 9.90 Å². The average molecular weight is 300 g/mol. The molecule has 21 heavy (non-hydrogen) atoms. The molecule has 0 aromatic heterocycles. The third kappa shape index (κ3) is 9.64. The molecule has 0 spiro atoms. The van der Waals surface area contributed by atoms with Gasteiger partial charge in [-0.3, -0.25) is 4.79 Å². The first-order valence-corrected chi connectivity index (χ1v) is 8.39. The van der Waals surface area contributed by atoms with Crippen LogP contribution in [0.3, 0.4) is 0 Å². The molecule has 0 rings (SSSR count). The molecule has 0 aromatic rings. The number of rotatable bonds is 13. The van der Waals surface area contributed by atoms with Crippen LogP contribution in [0.15, 0.2) is 12.2 Å². The maximum absolute atomic E-state index is 10.6. The Morgan fingerprint density at radius 1 is 1.14 bits per heavy atom. The number of aliphatic carboxylic acids is 1. The number of allylic oxidation sites excluding steroid dienone is 2. The predicted molar refractivity (Wildman–Crippen MR) is 87.2 cm³/mol. The number of nitrogens with zero attached hydrogens (tertiary/aromatic N) is 1. The third-order valence-electron chi connectivity index (χ3n) is 4.28. The molecule has 0 radical (unpaired) electrons. The van der Waals surface area contributed by atoms with Crippen molar-refractivity contribution in [2.75, 3.05) is 26.2 Å². The van der Waals surface area contributed by atoms with Gasteiger partial charge in [0, 0.05) is 6.42 Å². The van der Waals surface area contributed by atoms with Crippen LogP contribution in [-0.2, 0) is 4.79 Å². The fraction of sp³-hybridized carbons (Fsp3) is 0.824. The molecule has 4 nitrogen and oxygen atoms in total. The number of aliphatic hydroxyl groups excluding tert-OH is 1. The van der Waals surface area contributed by atoms with Gasteiger partial charge in [-0.1, -0.05) is 19.1 Å². The third-order valence-corrected chi connectivity index (χ3v) is 4.28. The van der Waals surface area contributed by atoms with E-state index in [2.05, 4.69) is 32.9 Å². The van der Waals surface area contributed by atoms with Crippen molar-refractivity contribution in [3.8, 4) is 0 Å². The number of carboxylic acids is 1. The summed E-state index contributed by atoms with van der Waals surface area (Å²) >= 11 is 0. The lowest BCUT2D eigenvalue weighted by Crippen LogP contribution is -2.52. The first-order valence-electron chi connectivity index (χ1n) is 8.39. The Morgan fingerprint density at radius 3 is 2.33 bits per heavy atom. The van der Waals surface area contributed by atoms with Crippen LogP contribution in [0.1, 0.15) is 59.3 Å². The Kier molecular flexibility index (Phi) is 11.3. The van der Waals surface area contributed by atoms with E-state index in [-0.39, 0.29) is 12.5 Å². The van der Waals surface area contributed by atoms with E-state index >= 15 is 0 Å². The standard InChI is InChI=1S/C17H33NO3/c1-4-7-8-9-12-16(19)15-18(5-2,6-3)14-11-10-13-17(20)21/h7-8,16,19H,4-6,9-15H2,1-3H3/p+1/b8-7+. The molecule has 0 heterocycles. The first kappa shape index (κ1) is 20.1. The van der Waals surface area contributed by atoms with E-state index in [0.29, 0.717) is 0 Å². The quantitative estimate of drug-likeness (QED) is 0.312. The number of quaternary nitrogens is 1. The molecule has 0 bridgehead atoms. The van der Waals surface area contributed by atoms with Gasteiger partial charge in [-0.2, -0.15) is 0 Å². The Labute approximate surface area is 130 Å². The van der Waals surface area contributed by atoms with Gasteiger partial charge in [0.2, 0.25) is 0 Å². The van der Waals surface area contributed by atoms with Crippen molar-refractivity contribution < 1.29 is 19.5 Å². The lowest BCUT2D eigenvalue weighted by molar-refractivity contribution is -0.928. The van der Waals surface area contributed by atoms with Gasteiger partial charge < -0.3 is 14.7 Å². The van der Waals surface area contributed by atoms with E-state index in [0.717, 1.165) is 62.8 Å². The molecule has 0 saturated carbocycles. The largest absolute Gasteiger partial charge is 0.481 e. The van der Waals surface area contributed by atoms with E-state index < -0.39 is 5.97 Å². The van der Waals surface area contributed by atoms with Crippen molar-refractivity contribution in [3.63, 3.8) is 0 Å². The normalized spacial score (nSPS) is 13.7. The zero-order chi connectivity index (χ0) is 16.1. The summed E-state index contributed by atoms with van der Waals surface area (Å²) in [6.07, 6.45) is 8.68. The Balaban J connectivity index is 4.23. The minimum absolute atomic E-state index is 0.248. The Bertz CT molecular complexity index is 298. The molecule has 1 atom stereocenters. The van der Waals surface area contributed by atoms with E-state index in [1.54, 1.807) is 0 Å². The Morgan fingerprint density at radius 2 is 1.81 bits per heavy atom. The van der Waals surface area contributed by atoms with Gasteiger partial charge in [0.1, 0.15) is 12.6 Å². The van der Waals surface area contributed by atoms with Gasteiger partial charge in [0.25, 0.3) is 0 Å². The number of hydrogen-bond acceptors (Lipinski definition) is 2. The average Bonchev–Trinajstić information content (AvgIpc) is 2.46. The summed E-state index contributed by atoms with van der Waals surface area (Å²) in [6, 6.07) is 0. The van der Waals surface area contributed by atoms with Crippen molar-refractivity contribution in [2.45, 2.75) is 65.4 Å². The first-order chi connectivity index (χ1) is 9.99. The number of unbranched alkanes of at least 4 members (excludes halogenated alkanes) is 1. The molecule has 4 heteroatoms. The van der Waals surface area contributed by atoms with E-state index in [1.807, 2.05) is 0 Å². The van der Waals surface area contributed by atoms with Gasteiger partial charge >= 0.3 is 5.97 Å². The van der Waals surface area contributed by atoms with Crippen LogP contribution >= 0.6 is 0 Å². The second-order valence-electron chi connectivity index (χ2n) is 5.84. The number of hydrogen-bond donors (Lipinski definition) is 2. The summed E-state index contributed by atoms with van der Waals surface area (Å²) in [4.78, 5) is 10.6. The fourth-order valence-corrected chi connectivity index (χ4v) is 2.72. The number of carboxylic acid groups (broad SMARTS) is 1. The van der Waals surface area contributed by atoms with Crippen LogP contribution < -0.4 is 0 Å². The second kappa shape index (κ2) is 11.8. The molecule has 0 saturated heterocycles. The van der Waals surface area contributed by atoms with Crippen molar-refractivity contribution in [1.82, 2.24) is 0 Å². The summed E-state index contributed by atoms with van der Waals surface area (Å²) in [7, 11) is 0. The van der Waals surface area contributed by atoms with Crippen molar-refractivity contribution in [2.24, 2.45) is 0 Å². The predicted octanol–water partition coefficient (Wildman–Crippen LogP) is 3.21. The molecular formula is C17H34NO3+. The van der Waals surface area contributed by atoms with Crippen molar-refractivity contribution >= 4 is 5.97 Å². The smallest absolute Gasteiger partial charge is 0.303 e. The van der Waals surface area contributed by atoms with Gasteiger partial charge in [-0.25, -0.2) is 0 Å². The molecule has 0 aliphatic heterocycles. The molecule has 0 amide bonds. The minimum atomic E-state index is -0.719. The molecule has 0 aromatic carbocycles. The number of aliphatic hydroxyl groups is 1. The maximum Gasteiger partial charge on any atom is 0.303 e. The lowest BCUT2D eigenvalue weighted by atomic mass is 10.1. The SMILES string of the molecule is CC/C=C/CCC(O)C[N+](CC)(CC)CCCCC(=O)O. The summed E-state index contributed by atoms with van der Waals surface area (Å²) in [5.41, 5.74) is 0. The highest BCUT2D eigenvalue weighted by Crippen LogP contribution is 2.14. The lowest BCUT2D eigenvalue weighted by Gasteiger charge is -2.38. The molecule has 0 aliphatic rings. The number of likely N-dealkylation sites (N-methyl/N-ethyl adjacent to an activating group) is 1. The van der Waals surface area contributed by atoms with Crippen LogP contribution in [-0.4, -0.2) is 52.9 Å². The molecule has 124 valence electrons. The summed E-state index contributed by atoms with van der Waals surface area (Å²) < 4.78 is 0.887. The maximum atomic E-state index is 10.6. The van der Waals surface area contributed by atoms with E-state index in [4.69, 9.17) is 5.11 Å². The van der Waals surface area contributed by atoms with Crippen molar-refractivity contribution in [3.05, 3.63) is 12.2 Å². The van der Waals surface area contributed by atoms with Gasteiger partial charge in [0.05, 0.1) is 19.6 Å². The van der Waals surface area contributed by atoms with Gasteiger partial charge in [0.15, 0.2) is 0 Å². The van der Waals surface area contributed by atoms with Crippen molar-refractivity contribution in [1.29, 1.82) is 0 Å². The molecule has 0 aliphatic carbocycles. The summed E-state index contributed by atoms with van der Waals surface area (Å²) in [6.45, 7) is 10.1. The minimum Gasteiger partial charge on any atom is -0.481 e. The van der Waals surface area contributed by atoms with Crippen LogP contribution in [0.5, 0.6) is 0 Å². The summed E-state index contributed by atoms with van der Waals surface area (Å²) in [5.74, 6) is -0.719. The monoisotopic (exact) mass is 300 g/mol. The highest BCUT2D eigenvalue weighted by molar-refractivity contribution is 5.66. The molecule has 2 N–H and O–H groups in total. The van der Waals surface area contributed by atoms with Gasteiger partial charge in [-0.15, -0.1) is 0 Å². The molecular weight excluding hydrogens is 266 g/mol. The highest BCUT2D eigenvalue weighted by Gasteiger charge is 2.26. The van der Waals surface area contributed by atoms with Crippen LogP contribution in [0, 0.1) is 0 Å². The van der Waals surface area contributed by atoms with Crippen LogP contribution in [0.4, 0.5) is 0 Å². The van der Waals surface area contributed by atoms with Gasteiger partial charge in [-0.05, 0) is 46.0 Å². The second-order valence-corrected chi connectivity index (χ2v) is 5.84. The molecule has 0 fully saturated rings. The topological polar surface area (TPSA) is 57.5 Å². The van der Waals surface area contributed by atoms with E-state index in [1.165, 1.54) is 0 Å². The fourth-order valence-electron chi connectivity index (χ4n) is 2.72. The zero-order valence-electron chi connectivity index (χ0n) is 14.1. The summed E-state index contributed by atoms with van der Waals surface area (Å²) in [5, 5.41) is 18.9. The zero-order valence-corrected chi connectivity index (χ0v) is 14.1.